The average Bonchev–Trinajstić information content (AvgIpc) is 2.96. The molecule has 0 aliphatic heterocycles. The Labute approximate surface area is 144 Å². The van der Waals surface area contributed by atoms with Crippen molar-refractivity contribution < 1.29 is 23.6 Å². The van der Waals surface area contributed by atoms with Gasteiger partial charge in [0.05, 0.1) is 5.56 Å². The van der Waals surface area contributed by atoms with Gasteiger partial charge in [0.1, 0.15) is 5.76 Å². The van der Waals surface area contributed by atoms with Crippen LogP contribution in [0.1, 0.15) is 36.4 Å². The number of esters is 1. The molecule has 2 rings (SSSR count). The molecule has 0 aliphatic carbocycles. The summed E-state index contributed by atoms with van der Waals surface area (Å²) in [6, 6.07) is 7.84. The van der Waals surface area contributed by atoms with Gasteiger partial charge in [0.2, 0.25) is 5.91 Å². The van der Waals surface area contributed by atoms with E-state index in [0.717, 1.165) is 0 Å². The van der Waals surface area contributed by atoms with Crippen molar-refractivity contribution in [2.75, 3.05) is 10.6 Å². The third-order valence-electron chi connectivity index (χ3n) is 3.21. The fourth-order valence-corrected chi connectivity index (χ4v) is 2.08. The third-order valence-corrected chi connectivity index (χ3v) is 3.21. The molecule has 25 heavy (non-hydrogen) atoms. The van der Waals surface area contributed by atoms with E-state index in [0.29, 0.717) is 17.9 Å². The first kappa shape index (κ1) is 18.2. The number of benzene rings is 1. The zero-order valence-corrected chi connectivity index (χ0v) is 14.2. The summed E-state index contributed by atoms with van der Waals surface area (Å²) in [7, 11) is 0. The molecule has 0 bridgehead atoms. The minimum absolute atomic E-state index is 0.231. The van der Waals surface area contributed by atoms with Gasteiger partial charge in [-0.15, -0.1) is 0 Å². The van der Waals surface area contributed by atoms with E-state index in [1.165, 1.54) is 13.0 Å². The number of aryl methyl sites for hydroxylation is 1. The van der Waals surface area contributed by atoms with Gasteiger partial charge in [-0.05, 0) is 31.5 Å². The van der Waals surface area contributed by atoms with Gasteiger partial charge in [-0.1, -0.05) is 18.1 Å². The van der Waals surface area contributed by atoms with Crippen molar-refractivity contribution >= 4 is 29.3 Å². The molecule has 1 atom stereocenters. The molecule has 8 nitrogen and oxygen atoms in total. The lowest BCUT2D eigenvalue weighted by molar-refractivity contribution is -0.124. The molecule has 0 radical (unpaired) electrons. The number of carbonyl (C=O) groups is 3. The number of nitrogens with zero attached hydrogens (tertiary/aromatic N) is 1. The van der Waals surface area contributed by atoms with Crippen molar-refractivity contribution in [1.82, 2.24) is 5.16 Å². The number of rotatable bonds is 6. The van der Waals surface area contributed by atoms with E-state index in [2.05, 4.69) is 15.8 Å². The van der Waals surface area contributed by atoms with Gasteiger partial charge in [-0.3, -0.25) is 9.59 Å². The Balaban J connectivity index is 2.03. The monoisotopic (exact) mass is 345 g/mol. The quantitative estimate of drug-likeness (QED) is 0.778. The Kier molecular flexibility index (Phi) is 5.89. The number of ether oxygens (including phenoxy) is 1. The normalized spacial score (nSPS) is 11.5. The molecule has 0 saturated heterocycles. The maximum absolute atomic E-state index is 12.3. The fourth-order valence-electron chi connectivity index (χ4n) is 2.08. The minimum atomic E-state index is -0.978. The molecule has 0 aliphatic rings. The van der Waals surface area contributed by atoms with Gasteiger partial charge in [0, 0.05) is 18.7 Å². The largest absolute Gasteiger partial charge is 0.449 e. The second-order valence-electron chi connectivity index (χ2n) is 5.38. The summed E-state index contributed by atoms with van der Waals surface area (Å²) in [4.78, 5) is 35.6. The topological polar surface area (TPSA) is 111 Å². The summed E-state index contributed by atoms with van der Waals surface area (Å²) in [5.74, 6) is -0.605. The first-order chi connectivity index (χ1) is 11.9. The van der Waals surface area contributed by atoms with Crippen molar-refractivity contribution in [3.05, 3.63) is 41.7 Å². The van der Waals surface area contributed by atoms with E-state index >= 15 is 0 Å². The molecule has 8 heteroatoms. The first-order valence-electron chi connectivity index (χ1n) is 7.72. The van der Waals surface area contributed by atoms with Crippen LogP contribution in [0.3, 0.4) is 0 Å². The molecule has 2 amide bonds. The van der Waals surface area contributed by atoms with E-state index < -0.39 is 18.0 Å². The molecule has 0 spiro atoms. The maximum atomic E-state index is 12.3. The van der Waals surface area contributed by atoms with Gasteiger partial charge in [-0.2, -0.15) is 0 Å². The smallest absolute Gasteiger partial charge is 0.338 e. The van der Waals surface area contributed by atoms with Gasteiger partial charge in [-0.25, -0.2) is 4.79 Å². The van der Waals surface area contributed by atoms with Gasteiger partial charge < -0.3 is 19.9 Å². The molecule has 1 aromatic carbocycles. The fraction of sp³-hybridized carbons (Fsp3) is 0.294. The lowest BCUT2D eigenvalue weighted by atomic mass is 10.2. The van der Waals surface area contributed by atoms with Crippen molar-refractivity contribution in [2.45, 2.75) is 33.3 Å². The number of aromatic nitrogens is 1. The van der Waals surface area contributed by atoms with Gasteiger partial charge in [0.15, 0.2) is 11.9 Å². The van der Waals surface area contributed by atoms with Gasteiger partial charge >= 0.3 is 5.97 Å². The number of amides is 2. The Bertz CT molecular complexity index is 784. The van der Waals surface area contributed by atoms with Crippen molar-refractivity contribution in [1.29, 1.82) is 0 Å². The van der Waals surface area contributed by atoms with Crippen molar-refractivity contribution in [3.63, 3.8) is 0 Å². The van der Waals surface area contributed by atoms with E-state index in [-0.39, 0.29) is 17.3 Å². The zero-order valence-electron chi connectivity index (χ0n) is 14.2. The van der Waals surface area contributed by atoms with Crippen LogP contribution in [0.15, 0.2) is 34.9 Å². The molecule has 132 valence electrons. The highest BCUT2D eigenvalue weighted by atomic mass is 16.5. The van der Waals surface area contributed by atoms with Crippen LogP contribution in [0.5, 0.6) is 0 Å². The highest BCUT2D eigenvalue weighted by Crippen LogP contribution is 2.14. The van der Waals surface area contributed by atoms with Crippen LogP contribution in [-0.2, 0) is 14.3 Å². The van der Waals surface area contributed by atoms with Crippen LogP contribution < -0.4 is 10.6 Å². The van der Waals surface area contributed by atoms with E-state index in [1.54, 1.807) is 38.1 Å². The highest BCUT2D eigenvalue weighted by Gasteiger charge is 2.23. The Morgan fingerprint density at radius 1 is 1.24 bits per heavy atom. The summed E-state index contributed by atoms with van der Waals surface area (Å²) < 4.78 is 10.1. The lowest BCUT2D eigenvalue weighted by Gasteiger charge is -2.15. The molecule has 0 saturated carbocycles. The van der Waals surface area contributed by atoms with Crippen LogP contribution >= 0.6 is 0 Å². The molecule has 1 aromatic heterocycles. The Morgan fingerprint density at radius 3 is 2.60 bits per heavy atom. The number of nitrogens with one attached hydrogen (secondary N) is 2. The second kappa shape index (κ2) is 8.09. The molecule has 2 N–H and O–H groups in total. The van der Waals surface area contributed by atoms with E-state index in [1.807, 2.05) is 0 Å². The molecule has 2 aromatic rings. The maximum Gasteiger partial charge on any atom is 0.338 e. The van der Waals surface area contributed by atoms with Gasteiger partial charge in [0.25, 0.3) is 5.91 Å². The molecular formula is C17H19N3O5. The number of hydrogen-bond acceptors (Lipinski definition) is 6. The molecule has 0 fully saturated rings. The summed E-state index contributed by atoms with van der Waals surface area (Å²) in [5.41, 5.74) is 0.701. The predicted octanol–water partition coefficient (Wildman–Crippen LogP) is 2.52. The number of hydrogen-bond donors (Lipinski definition) is 2. The minimum Gasteiger partial charge on any atom is -0.449 e. The lowest BCUT2D eigenvalue weighted by Crippen LogP contribution is -2.32. The Hall–Kier alpha value is -3.16. The molecule has 1 heterocycles. The summed E-state index contributed by atoms with van der Waals surface area (Å²) in [5, 5.41) is 8.77. The van der Waals surface area contributed by atoms with E-state index in [9.17, 15) is 14.4 Å². The average molecular weight is 345 g/mol. The van der Waals surface area contributed by atoms with Crippen LogP contribution in [0, 0.1) is 6.92 Å². The second-order valence-corrected chi connectivity index (χ2v) is 5.38. The SMILES string of the molecule is CC[C@@H](OC(=O)c1cccc(NC(C)=O)c1)C(=O)Nc1cc(C)on1. The number of carbonyl (C=O) groups excluding carboxylic acids is 3. The standard InChI is InChI=1S/C17H19N3O5/c1-4-14(16(22)19-15-8-10(2)25-20-15)24-17(23)12-6-5-7-13(9-12)18-11(3)21/h5-9,14H,4H2,1-3H3,(H,18,21)(H,19,20,22)/t14-/m1/s1. The van der Waals surface area contributed by atoms with Crippen LogP contribution in [0.25, 0.3) is 0 Å². The van der Waals surface area contributed by atoms with Crippen LogP contribution in [0.2, 0.25) is 0 Å². The van der Waals surface area contributed by atoms with Crippen molar-refractivity contribution in [2.24, 2.45) is 0 Å². The predicted molar refractivity (Wildman–Crippen MR) is 90.1 cm³/mol. The first-order valence-corrected chi connectivity index (χ1v) is 7.72. The van der Waals surface area contributed by atoms with Crippen LogP contribution in [0.4, 0.5) is 11.5 Å². The summed E-state index contributed by atoms with van der Waals surface area (Å²) in [6.07, 6.45) is -0.686. The molecule has 0 unspecified atom stereocenters. The van der Waals surface area contributed by atoms with E-state index in [4.69, 9.17) is 9.26 Å². The van der Waals surface area contributed by atoms with Crippen molar-refractivity contribution in [3.8, 4) is 0 Å². The molecular weight excluding hydrogens is 326 g/mol. The summed E-state index contributed by atoms with van der Waals surface area (Å²) in [6.45, 7) is 4.79. The van der Waals surface area contributed by atoms with Crippen LogP contribution in [-0.4, -0.2) is 29.0 Å². The summed E-state index contributed by atoms with van der Waals surface area (Å²) >= 11 is 0. The highest BCUT2D eigenvalue weighted by molar-refractivity contribution is 5.98. The Morgan fingerprint density at radius 2 is 2.00 bits per heavy atom. The third kappa shape index (κ3) is 5.17. The number of anilines is 2. The zero-order chi connectivity index (χ0) is 18.4.